The number of hydrogen-bond donors (Lipinski definition) is 0. The van der Waals surface area contributed by atoms with Crippen LogP contribution in [0.25, 0.3) is 0 Å². The number of halogens is 1. The minimum Gasteiger partial charge on any atom is -0.493 e. The largest absolute Gasteiger partial charge is 0.493 e. The van der Waals surface area contributed by atoms with Crippen molar-refractivity contribution in [3.63, 3.8) is 0 Å². The van der Waals surface area contributed by atoms with Crippen LogP contribution in [-0.2, 0) is 19.3 Å². The average Bonchev–Trinajstić information content (AvgIpc) is 2.84. The van der Waals surface area contributed by atoms with Gasteiger partial charge in [-0.2, -0.15) is 0 Å². The molecule has 4 nitrogen and oxygen atoms in total. The second kappa shape index (κ2) is 6.48. The smallest absolute Gasteiger partial charge is 0.161 e. The third-order valence-electron chi connectivity index (χ3n) is 2.89. The quantitative estimate of drug-likeness (QED) is 0.764. The van der Waals surface area contributed by atoms with E-state index in [0.29, 0.717) is 18.2 Å². The molecule has 1 heterocycles. The molecule has 0 fully saturated rings. The van der Waals surface area contributed by atoms with Gasteiger partial charge in [0.05, 0.1) is 13.7 Å². The molecule has 0 atom stereocenters. The number of benzene rings is 1. The summed E-state index contributed by atoms with van der Waals surface area (Å²) in [6.45, 7) is 0.549. The fraction of sp³-hybridized carbons (Fsp3) is 0.357. The van der Waals surface area contributed by atoms with Crippen LogP contribution in [0.3, 0.4) is 0 Å². The van der Waals surface area contributed by atoms with E-state index in [2.05, 4.69) is 4.98 Å². The van der Waals surface area contributed by atoms with Gasteiger partial charge in [-0.15, -0.1) is 11.6 Å². The second-order valence-electron chi connectivity index (χ2n) is 4.17. The van der Waals surface area contributed by atoms with Gasteiger partial charge in [0, 0.05) is 31.7 Å². The van der Waals surface area contributed by atoms with Crippen molar-refractivity contribution in [1.82, 2.24) is 9.55 Å². The zero-order valence-electron chi connectivity index (χ0n) is 11.1. The standard InChI is InChI=1S/C14H17ClN2O2/c1-17-7-6-16-14(17)5-8-19-13-9-11(10-15)3-4-12(13)18-2/h3-4,6-7,9H,5,8,10H2,1-2H3. The van der Waals surface area contributed by atoms with Gasteiger partial charge in [-0.25, -0.2) is 4.98 Å². The van der Waals surface area contributed by atoms with E-state index in [9.17, 15) is 0 Å². The van der Waals surface area contributed by atoms with Crippen molar-refractivity contribution in [2.75, 3.05) is 13.7 Å². The molecule has 2 aromatic rings. The lowest BCUT2D eigenvalue weighted by Gasteiger charge is -2.11. The molecule has 19 heavy (non-hydrogen) atoms. The summed E-state index contributed by atoms with van der Waals surface area (Å²) in [6, 6.07) is 5.70. The Labute approximate surface area is 117 Å². The van der Waals surface area contributed by atoms with Crippen LogP contribution in [0.15, 0.2) is 30.6 Å². The summed E-state index contributed by atoms with van der Waals surface area (Å²) in [5.74, 6) is 2.88. The SMILES string of the molecule is COc1ccc(CCl)cc1OCCc1nccn1C. The van der Waals surface area contributed by atoms with Gasteiger partial charge in [-0.3, -0.25) is 0 Å². The number of imidazole rings is 1. The Morgan fingerprint density at radius 1 is 1.32 bits per heavy atom. The zero-order valence-corrected chi connectivity index (χ0v) is 11.9. The molecule has 0 bridgehead atoms. The van der Waals surface area contributed by atoms with Crippen molar-refractivity contribution in [1.29, 1.82) is 0 Å². The topological polar surface area (TPSA) is 36.3 Å². The number of alkyl halides is 1. The van der Waals surface area contributed by atoms with Crippen molar-refractivity contribution in [2.45, 2.75) is 12.3 Å². The minimum absolute atomic E-state index is 0.458. The average molecular weight is 281 g/mol. The third-order valence-corrected chi connectivity index (χ3v) is 3.20. The molecular weight excluding hydrogens is 264 g/mol. The van der Waals surface area contributed by atoms with Crippen LogP contribution in [-0.4, -0.2) is 23.3 Å². The third kappa shape index (κ3) is 3.41. The van der Waals surface area contributed by atoms with Gasteiger partial charge in [-0.05, 0) is 17.7 Å². The van der Waals surface area contributed by atoms with Gasteiger partial charge in [0.1, 0.15) is 5.82 Å². The molecule has 0 saturated heterocycles. The van der Waals surface area contributed by atoms with Gasteiger partial charge in [0.15, 0.2) is 11.5 Å². The minimum atomic E-state index is 0.458. The Morgan fingerprint density at radius 2 is 2.16 bits per heavy atom. The summed E-state index contributed by atoms with van der Waals surface area (Å²) in [7, 11) is 3.60. The summed E-state index contributed by atoms with van der Waals surface area (Å²) >= 11 is 5.82. The number of rotatable bonds is 6. The number of aromatic nitrogens is 2. The predicted molar refractivity (Wildman–Crippen MR) is 75.0 cm³/mol. The molecule has 5 heteroatoms. The summed E-state index contributed by atoms with van der Waals surface area (Å²) in [6.07, 6.45) is 4.45. The van der Waals surface area contributed by atoms with Crippen molar-refractivity contribution < 1.29 is 9.47 Å². The van der Waals surface area contributed by atoms with Gasteiger partial charge in [0.2, 0.25) is 0 Å². The maximum atomic E-state index is 5.82. The van der Waals surface area contributed by atoms with Crippen LogP contribution in [0.5, 0.6) is 11.5 Å². The Balaban J connectivity index is 2.00. The molecule has 0 aliphatic heterocycles. The number of hydrogen-bond acceptors (Lipinski definition) is 3. The number of methoxy groups -OCH3 is 1. The highest BCUT2D eigenvalue weighted by molar-refractivity contribution is 6.17. The Kier molecular flexibility index (Phi) is 4.68. The van der Waals surface area contributed by atoms with Crippen molar-refractivity contribution in [3.05, 3.63) is 42.0 Å². The first-order chi connectivity index (χ1) is 9.24. The lowest BCUT2D eigenvalue weighted by Crippen LogP contribution is -2.07. The molecule has 0 aliphatic carbocycles. The predicted octanol–water partition coefficient (Wildman–Crippen LogP) is 2.79. The Bertz CT molecular complexity index is 540. The van der Waals surface area contributed by atoms with Crippen LogP contribution >= 0.6 is 11.6 Å². The van der Waals surface area contributed by atoms with Gasteiger partial charge < -0.3 is 14.0 Å². The van der Waals surface area contributed by atoms with E-state index < -0.39 is 0 Å². The van der Waals surface area contributed by atoms with Crippen molar-refractivity contribution in [2.24, 2.45) is 7.05 Å². The maximum Gasteiger partial charge on any atom is 0.161 e. The highest BCUT2D eigenvalue weighted by Crippen LogP contribution is 2.28. The Morgan fingerprint density at radius 3 is 2.79 bits per heavy atom. The van der Waals surface area contributed by atoms with E-state index >= 15 is 0 Å². The van der Waals surface area contributed by atoms with Crippen LogP contribution in [0, 0.1) is 0 Å². The summed E-state index contributed by atoms with van der Waals surface area (Å²) < 4.78 is 13.0. The van der Waals surface area contributed by atoms with Crippen LogP contribution in [0.1, 0.15) is 11.4 Å². The molecule has 0 radical (unpaired) electrons. The maximum absolute atomic E-state index is 5.82. The van der Waals surface area contributed by atoms with Crippen LogP contribution in [0.2, 0.25) is 0 Å². The van der Waals surface area contributed by atoms with Crippen molar-refractivity contribution >= 4 is 11.6 Å². The van der Waals surface area contributed by atoms with Crippen LogP contribution in [0.4, 0.5) is 0 Å². The zero-order chi connectivity index (χ0) is 13.7. The van der Waals surface area contributed by atoms with E-state index in [1.54, 1.807) is 13.3 Å². The lowest BCUT2D eigenvalue weighted by molar-refractivity contribution is 0.294. The van der Waals surface area contributed by atoms with Gasteiger partial charge >= 0.3 is 0 Å². The highest BCUT2D eigenvalue weighted by Gasteiger charge is 2.06. The molecule has 0 saturated carbocycles. The fourth-order valence-electron chi connectivity index (χ4n) is 1.81. The van der Waals surface area contributed by atoms with E-state index in [0.717, 1.165) is 23.6 Å². The fourth-order valence-corrected chi connectivity index (χ4v) is 1.97. The molecule has 0 aliphatic rings. The molecule has 1 aromatic carbocycles. The van der Waals surface area contributed by atoms with Crippen molar-refractivity contribution in [3.8, 4) is 11.5 Å². The van der Waals surface area contributed by atoms with Crippen LogP contribution < -0.4 is 9.47 Å². The normalized spacial score (nSPS) is 10.5. The lowest BCUT2D eigenvalue weighted by atomic mass is 10.2. The van der Waals surface area contributed by atoms with E-state index in [1.807, 2.05) is 36.0 Å². The molecule has 2 rings (SSSR count). The number of nitrogens with zero attached hydrogens (tertiary/aromatic N) is 2. The summed E-state index contributed by atoms with van der Waals surface area (Å²) in [4.78, 5) is 4.25. The number of ether oxygens (including phenoxy) is 2. The number of aryl methyl sites for hydroxylation is 1. The summed E-state index contributed by atoms with van der Waals surface area (Å²) in [5, 5.41) is 0. The first kappa shape index (κ1) is 13.7. The first-order valence-corrected chi connectivity index (χ1v) is 6.60. The molecule has 0 N–H and O–H groups in total. The Hall–Kier alpha value is -1.68. The second-order valence-corrected chi connectivity index (χ2v) is 4.44. The summed E-state index contributed by atoms with van der Waals surface area (Å²) in [5.41, 5.74) is 1.01. The van der Waals surface area contributed by atoms with Gasteiger partial charge in [0.25, 0.3) is 0 Å². The molecule has 102 valence electrons. The first-order valence-electron chi connectivity index (χ1n) is 6.06. The molecular formula is C14H17ClN2O2. The van der Waals surface area contributed by atoms with E-state index in [4.69, 9.17) is 21.1 Å². The molecule has 1 aromatic heterocycles. The van der Waals surface area contributed by atoms with Gasteiger partial charge in [-0.1, -0.05) is 6.07 Å². The highest BCUT2D eigenvalue weighted by atomic mass is 35.5. The van der Waals surface area contributed by atoms with E-state index in [-0.39, 0.29) is 0 Å². The molecule has 0 unspecified atom stereocenters. The molecule has 0 spiro atoms. The monoisotopic (exact) mass is 280 g/mol. The van der Waals surface area contributed by atoms with E-state index in [1.165, 1.54) is 0 Å². The molecule has 0 amide bonds.